The van der Waals surface area contributed by atoms with Crippen molar-refractivity contribution in [3.05, 3.63) is 29.8 Å². The zero-order chi connectivity index (χ0) is 10.2. The Morgan fingerprint density at radius 1 is 1.43 bits per heavy atom. The van der Waals surface area contributed by atoms with E-state index in [9.17, 15) is 0 Å². The molecule has 1 aliphatic heterocycles. The van der Waals surface area contributed by atoms with Gasteiger partial charge in [-0.05, 0) is 17.9 Å². The average molecular weight is 192 g/mol. The fraction of sp³-hybridized carbons (Fsp3) is 0.400. The monoisotopic (exact) mass is 192 g/mol. The molecule has 3 nitrogen and oxygen atoms in total. The van der Waals surface area contributed by atoms with Gasteiger partial charge in [0.1, 0.15) is 0 Å². The minimum Gasteiger partial charge on any atom is -0.423 e. The van der Waals surface area contributed by atoms with E-state index in [1.54, 1.807) is 12.1 Å². The molecule has 0 aromatic heterocycles. The number of rotatable bonds is 2. The summed E-state index contributed by atoms with van der Waals surface area (Å²) < 4.78 is 5.48. The SMILES string of the molecule is C[C@@]1(c2cccc(B(O)O)c2)CCO1. The van der Waals surface area contributed by atoms with Gasteiger partial charge in [-0.3, -0.25) is 0 Å². The van der Waals surface area contributed by atoms with Gasteiger partial charge in [0.2, 0.25) is 0 Å². The van der Waals surface area contributed by atoms with Gasteiger partial charge in [0, 0.05) is 6.42 Å². The van der Waals surface area contributed by atoms with Gasteiger partial charge in [0.05, 0.1) is 12.2 Å². The molecular formula is C10H13BO3. The minimum atomic E-state index is -1.40. The molecule has 0 bridgehead atoms. The normalized spacial score (nSPS) is 25.6. The zero-order valence-electron chi connectivity index (χ0n) is 8.10. The van der Waals surface area contributed by atoms with Crippen LogP contribution in [0.25, 0.3) is 0 Å². The van der Waals surface area contributed by atoms with Crippen molar-refractivity contribution in [1.82, 2.24) is 0 Å². The molecule has 0 amide bonds. The van der Waals surface area contributed by atoms with Gasteiger partial charge in [-0.1, -0.05) is 24.3 Å². The summed E-state index contributed by atoms with van der Waals surface area (Å²) in [6.45, 7) is 2.79. The van der Waals surface area contributed by atoms with Crippen molar-refractivity contribution in [1.29, 1.82) is 0 Å². The van der Waals surface area contributed by atoms with Crippen molar-refractivity contribution < 1.29 is 14.8 Å². The Bertz CT molecular complexity index is 334. The molecule has 0 spiro atoms. The highest BCUT2D eigenvalue weighted by Crippen LogP contribution is 2.35. The summed E-state index contributed by atoms with van der Waals surface area (Å²) in [4.78, 5) is 0. The summed E-state index contributed by atoms with van der Waals surface area (Å²) in [5.41, 5.74) is 1.29. The van der Waals surface area contributed by atoms with Crippen LogP contribution in [0.4, 0.5) is 0 Å². The Balaban J connectivity index is 2.30. The zero-order valence-corrected chi connectivity index (χ0v) is 8.10. The van der Waals surface area contributed by atoms with E-state index in [1.165, 1.54) is 0 Å². The van der Waals surface area contributed by atoms with Crippen LogP contribution < -0.4 is 5.46 Å². The van der Waals surface area contributed by atoms with Crippen LogP contribution in [0.3, 0.4) is 0 Å². The van der Waals surface area contributed by atoms with E-state index < -0.39 is 7.12 Å². The lowest BCUT2D eigenvalue weighted by Gasteiger charge is -2.39. The van der Waals surface area contributed by atoms with Crippen LogP contribution in [-0.2, 0) is 10.3 Å². The van der Waals surface area contributed by atoms with Crippen LogP contribution in [-0.4, -0.2) is 23.8 Å². The Labute approximate surface area is 83.5 Å². The van der Waals surface area contributed by atoms with E-state index in [-0.39, 0.29) is 5.60 Å². The number of hydrogen-bond acceptors (Lipinski definition) is 3. The molecule has 1 fully saturated rings. The van der Waals surface area contributed by atoms with Crippen molar-refractivity contribution in [2.24, 2.45) is 0 Å². The van der Waals surface area contributed by atoms with Gasteiger partial charge >= 0.3 is 7.12 Å². The maximum absolute atomic E-state index is 9.02. The molecule has 0 saturated carbocycles. The van der Waals surface area contributed by atoms with Crippen molar-refractivity contribution >= 4 is 12.6 Å². The molecule has 1 aromatic rings. The summed E-state index contributed by atoms with van der Waals surface area (Å²) in [5.74, 6) is 0. The molecule has 4 heteroatoms. The Hall–Kier alpha value is -0.835. The van der Waals surface area contributed by atoms with E-state index in [0.717, 1.165) is 18.6 Å². The predicted octanol–water partition coefficient (Wildman–Crippen LogP) is 0.00190. The first kappa shape index (κ1) is 9.71. The molecule has 1 atom stereocenters. The van der Waals surface area contributed by atoms with Crippen LogP contribution in [0.1, 0.15) is 18.9 Å². The highest BCUT2D eigenvalue weighted by Gasteiger charge is 2.35. The molecule has 2 N–H and O–H groups in total. The van der Waals surface area contributed by atoms with Crippen molar-refractivity contribution in [3.8, 4) is 0 Å². The second kappa shape index (κ2) is 3.39. The highest BCUT2D eigenvalue weighted by molar-refractivity contribution is 6.58. The van der Waals surface area contributed by atoms with Crippen molar-refractivity contribution in [2.75, 3.05) is 6.61 Å². The van der Waals surface area contributed by atoms with Gasteiger partial charge in [0.25, 0.3) is 0 Å². The third-order valence-electron chi connectivity index (χ3n) is 2.80. The Morgan fingerprint density at radius 3 is 2.64 bits per heavy atom. The largest absolute Gasteiger partial charge is 0.488 e. The maximum atomic E-state index is 9.02. The van der Waals surface area contributed by atoms with Gasteiger partial charge in [-0.25, -0.2) is 0 Å². The number of ether oxygens (including phenoxy) is 1. The summed E-state index contributed by atoms with van der Waals surface area (Å²) in [6.07, 6.45) is 0.984. The van der Waals surface area contributed by atoms with Crippen molar-refractivity contribution in [3.63, 3.8) is 0 Å². The van der Waals surface area contributed by atoms with E-state index in [4.69, 9.17) is 14.8 Å². The van der Waals surface area contributed by atoms with Gasteiger partial charge in [0.15, 0.2) is 0 Å². The molecular weight excluding hydrogens is 179 g/mol. The lowest BCUT2D eigenvalue weighted by atomic mass is 9.77. The molecule has 1 aromatic carbocycles. The second-order valence-electron chi connectivity index (χ2n) is 3.83. The van der Waals surface area contributed by atoms with Crippen LogP contribution in [0.15, 0.2) is 24.3 Å². The van der Waals surface area contributed by atoms with Crippen LogP contribution in [0.2, 0.25) is 0 Å². The lowest BCUT2D eigenvalue weighted by Crippen LogP contribution is -2.39. The number of hydrogen-bond donors (Lipinski definition) is 2. The number of benzene rings is 1. The molecule has 0 radical (unpaired) electrons. The minimum absolute atomic E-state index is 0.231. The topological polar surface area (TPSA) is 49.7 Å². The Kier molecular flexibility index (Phi) is 2.35. The summed E-state index contributed by atoms with van der Waals surface area (Å²) in [7, 11) is -1.40. The maximum Gasteiger partial charge on any atom is 0.488 e. The summed E-state index contributed by atoms with van der Waals surface area (Å²) in [6, 6.07) is 7.24. The molecule has 2 rings (SSSR count). The predicted molar refractivity (Wildman–Crippen MR) is 54.2 cm³/mol. The smallest absolute Gasteiger partial charge is 0.423 e. The first-order valence-corrected chi connectivity index (χ1v) is 4.72. The fourth-order valence-corrected chi connectivity index (χ4v) is 1.66. The second-order valence-corrected chi connectivity index (χ2v) is 3.83. The van der Waals surface area contributed by atoms with E-state index >= 15 is 0 Å². The first-order chi connectivity index (χ1) is 6.62. The van der Waals surface area contributed by atoms with Crippen LogP contribution in [0, 0.1) is 0 Å². The lowest BCUT2D eigenvalue weighted by molar-refractivity contribution is -0.140. The average Bonchev–Trinajstić information content (AvgIpc) is 2.14. The molecule has 0 aliphatic carbocycles. The molecule has 14 heavy (non-hydrogen) atoms. The van der Waals surface area contributed by atoms with Crippen LogP contribution >= 0.6 is 0 Å². The van der Waals surface area contributed by atoms with Gasteiger partial charge in [-0.15, -0.1) is 0 Å². The quantitative estimate of drug-likeness (QED) is 0.648. The molecule has 74 valence electrons. The molecule has 1 saturated heterocycles. The van der Waals surface area contributed by atoms with Crippen molar-refractivity contribution in [2.45, 2.75) is 18.9 Å². The third-order valence-corrected chi connectivity index (χ3v) is 2.80. The van der Waals surface area contributed by atoms with Gasteiger partial charge in [-0.2, -0.15) is 0 Å². The molecule has 1 aliphatic rings. The molecule has 0 unspecified atom stereocenters. The van der Waals surface area contributed by atoms with E-state index in [0.29, 0.717) is 5.46 Å². The Morgan fingerprint density at radius 2 is 2.14 bits per heavy atom. The third kappa shape index (κ3) is 1.56. The summed E-state index contributed by atoms with van der Waals surface area (Å²) >= 11 is 0. The van der Waals surface area contributed by atoms with E-state index in [1.807, 2.05) is 19.1 Å². The van der Waals surface area contributed by atoms with E-state index in [2.05, 4.69) is 0 Å². The highest BCUT2D eigenvalue weighted by atomic mass is 16.5. The summed E-state index contributed by atoms with van der Waals surface area (Å²) in [5, 5.41) is 18.0. The van der Waals surface area contributed by atoms with Crippen LogP contribution in [0.5, 0.6) is 0 Å². The van der Waals surface area contributed by atoms with Gasteiger partial charge < -0.3 is 14.8 Å². The first-order valence-electron chi connectivity index (χ1n) is 4.72. The standard InChI is InChI=1S/C10H13BO3/c1-10(5-6-14-10)8-3-2-4-9(7-8)11(12)13/h2-4,7,12-13H,5-6H2,1H3/t10-/m0/s1. The molecule has 1 heterocycles. The fourth-order valence-electron chi connectivity index (χ4n) is 1.66.